The lowest BCUT2D eigenvalue weighted by molar-refractivity contribution is 0.117. The van der Waals surface area contributed by atoms with E-state index in [0.29, 0.717) is 10.8 Å². The van der Waals surface area contributed by atoms with Gasteiger partial charge in [-0.3, -0.25) is 0 Å². The van der Waals surface area contributed by atoms with Crippen LogP contribution in [0.25, 0.3) is 0 Å². The maximum absolute atomic E-state index is 3.98. The summed E-state index contributed by atoms with van der Waals surface area (Å²) in [5.74, 6) is 1.95. The van der Waals surface area contributed by atoms with E-state index in [-0.39, 0.29) is 0 Å². The number of hydrogen-bond acceptors (Lipinski definition) is 1. The van der Waals surface area contributed by atoms with Crippen LogP contribution in [0.2, 0.25) is 0 Å². The summed E-state index contributed by atoms with van der Waals surface area (Å²) in [5, 5.41) is 3.98. The third-order valence-corrected chi connectivity index (χ3v) is 7.17. The molecule has 0 spiro atoms. The minimum absolute atomic E-state index is 0.562. The molecule has 104 valence electrons. The highest BCUT2D eigenvalue weighted by Gasteiger charge is 2.60. The highest BCUT2D eigenvalue weighted by Crippen LogP contribution is 2.65. The van der Waals surface area contributed by atoms with Crippen molar-refractivity contribution in [1.82, 2.24) is 5.32 Å². The molecule has 1 nitrogen and oxygen atoms in total. The first kappa shape index (κ1) is 13.0. The molecule has 2 bridgehead atoms. The maximum Gasteiger partial charge on any atom is 0.0129 e. The second-order valence-electron chi connectivity index (χ2n) is 8.08. The first-order valence-electron chi connectivity index (χ1n) is 8.27. The van der Waals surface area contributed by atoms with Gasteiger partial charge < -0.3 is 5.32 Å². The van der Waals surface area contributed by atoms with E-state index in [1.807, 2.05) is 0 Å². The van der Waals surface area contributed by atoms with Crippen LogP contribution in [0.1, 0.15) is 72.1 Å². The molecule has 3 aliphatic carbocycles. The molecule has 0 aromatic rings. The van der Waals surface area contributed by atoms with Crippen molar-refractivity contribution in [2.24, 2.45) is 22.7 Å². The van der Waals surface area contributed by atoms with Gasteiger partial charge in [0.15, 0.2) is 0 Å². The number of hydrogen-bond donors (Lipinski definition) is 1. The SMILES string of the molecule is CC1(C)C2CCC1(C)C(NCC1CCCCC1)C2. The molecule has 0 amide bonds. The van der Waals surface area contributed by atoms with Crippen molar-refractivity contribution in [3.8, 4) is 0 Å². The van der Waals surface area contributed by atoms with Gasteiger partial charge in [-0.2, -0.15) is 0 Å². The van der Waals surface area contributed by atoms with Crippen LogP contribution < -0.4 is 5.32 Å². The van der Waals surface area contributed by atoms with Gasteiger partial charge in [0, 0.05) is 6.04 Å². The Labute approximate surface area is 113 Å². The third-order valence-electron chi connectivity index (χ3n) is 7.17. The molecule has 0 aromatic heterocycles. The van der Waals surface area contributed by atoms with Crippen LogP contribution in [-0.2, 0) is 0 Å². The summed E-state index contributed by atoms with van der Waals surface area (Å²) in [6.45, 7) is 8.89. The summed E-state index contributed by atoms with van der Waals surface area (Å²) < 4.78 is 0. The lowest BCUT2D eigenvalue weighted by Crippen LogP contribution is -2.46. The zero-order chi connectivity index (χ0) is 12.8. The Hall–Kier alpha value is -0.0400. The predicted octanol–water partition coefficient (Wildman–Crippen LogP) is 4.37. The van der Waals surface area contributed by atoms with E-state index in [1.54, 1.807) is 0 Å². The highest BCUT2D eigenvalue weighted by molar-refractivity contribution is 5.13. The fourth-order valence-electron chi connectivity index (χ4n) is 5.21. The lowest BCUT2D eigenvalue weighted by Gasteiger charge is -2.40. The van der Waals surface area contributed by atoms with Gasteiger partial charge in [-0.15, -0.1) is 0 Å². The largest absolute Gasteiger partial charge is 0.313 e. The average molecular weight is 249 g/mol. The minimum Gasteiger partial charge on any atom is -0.313 e. The molecular formula is C17H31N. The van der Waals surface area contributed by atoms with Gasteiger partial charge in [0.2, 0.25) is 0 Å². The van der Waals surface area contributed by atoms with Gasteiger partial charge in [-0.05, 0) is 61.3 Å². The molecule has 18 heavy (non-hydrogen) atoms. The van der Waals surface area contributed by atoms with Crippen LogP contribution in [0.4, 0.5) is 0 Å². The molecule has 0 aromatic carbocycles. The van der Waals surface area contributed by atoms with E-state index in [2.05, 4.69) is 26.1 Å². The van der Waals surface area contributed by atoms with Crippen molar-refractivity contribution in [2.75, 3.05) is 6.54 Å². The normalized spacial score (nSPS) is 43.5. The van der Waals surface area contributed by atoms with E-state index in [9.17, 15) is 0 Å². The summed E-state index contributed by atoms with van der Waals surface area (Å²) >= 11 is 0. The first-order chi connectivity index (χ1) is 8.54. The quantitative estimate of drug-likeness (QED) is 0.783. The van der Waals surface area contributed by atoms with Crippen LogP contribution in [0, 0.1) is 22.7 Å². The Morgan fingerprint density at radius 2 is 1.72 bits per heavy atom. The molecule has 0 radical (unpaired) electrons. The third kappa shape index (κ3) is 1.85. The second-order valence-corrected chi connectivity index (χ2v) is 8.08. The topological polar surface area (TPSA) is 12.0 Å². The van der Waals surface area contributed by atoms with Crippen LogP contribution in [-0.4, -0.2) is 12.6 Å². The summed E-state index contributed by atoms with van der Waals surface area (Å²) in [6, 6.07) is 0.799. The van der Waals surface area contributed by atoms with Gasteiger partial charge in [-0.1, -0.05) is 40.0 Å². The van der Waals surface area contributed by atoms with E-state index in [0.717, 1.165) is 17.9 Å². The molecular weight excluding hydrogens is 218 g/mol. The fraction of sp³-hybridized carbons (Fsp3) is 1.00. The van der Waals surface area contributed by atoms with E-state index in [1.165, 1.54) is 57.9 Å². The second kappa shape index (κ2) is 4.51. The molecule has 3 rings (SSSR count). The van der Waals surface area contributed by atoms with E-state index in [4.69, 9.17) is 0 Å². The van der Waals surface area contributed by atoms with Gasteiger partial charge in [0.1, 0.15) is 0 Å². The molecule has 3 saturated carbocycles. The highest BCUT2D eigenvalue weighted by atomic mass is 15.0. The van der Waals surface area contributed by atoms with Crippen LogP contribution in [0.15, 0.2) is 0 Å². The summed E-state index contributed by atoms with van der Waals surface area (Å²) in [7, 11) is 0. The van der Waals surface area contributed by atoms with Crippen molar-refractivity contribution in [3.05, 3.63) is 0 Å². The van der Waals surface area contributed by atoms with Gasteiger partial charge >= 0.3 is 0 Å². The van der Waals surface area contributed by atoms with Crippen LogP contribution in [0.3, 0.4) is 0 Å². The number of fused-ring (bicyclic) bond motifs is 2. The van der Waals surface area contributed by atoms with Crippen LogP contribution in [0.5, 0.6) is 0 Å². The molecule has 3 fully saturated rings. The zero-order valence-electron chi connectivity index (χ0n) is 12.6. The molecule has 0 heterocycles. The fourth-order valence-corrected chi connectivity index (χ4v) is 5.21. The van der Waals surface area contributed by atoms with Gasteiger partial charge in [0.25, 0.3) is 0 Å². The van der Waals surface area contributed by atoms with Crippen molar-refractivity contribution in [1.29, 1.82) is 0 Å². The molecule has 1 N–H and O–H groups in total. The molecule has 3 atom stereocenters. The van der Waals surface area contributed by atoms with Gasteiger partial charge in [-0.25, -0.2) is 0 Å². The number of nitrogens with one attached hydrogen (secondary N) is 1. The average Bonchev–Trinajstić information content (AvgIpc) is 2.70. The Kier molecular flexibility index (Phi) is 3.25. The standard InChI is InChI=1S/C17H31N/c1-16(2)14-9-10-17(16,3)15(11-14)18-12-13-7-5-4-6-8-13/h13-15,18H,4-12H2,1-3H3. The van der Waals surface area contributed by atoms with E-state index < -0.39 is 0 Å². The number of rotatable bonds is 3. The Morgan fingerprint density at radius 3 is 2.28 bits per heavy atom. The summed E-state index contributed by atoms with van der Waals surface area (Å²) in [4.78, 5) is 0. The Bertz CT molecular complexity index is 303. The summed E-state index contributed by atoms with van der Waals surface area (Å²) in [6.07, 6.45) is 11.7. The Morgan fingerprint density at radius 1 is 1.00 bits per heavy atom. The van der Waals surface area contributed by atoms with Crippen molar-refractivity contribution < 1.29 is 0 Å². The molecule has 0 saturated heterocycles. The smallest absolute Gasteiger partial charge is 0.0129 e. The monoisotopic (exact) mass is 249 g/mol. The Balaban J connectivity index is 1.58. The molecule has 1 heteroatoms. The first-order valence-corrected chi connectivity index (χ1v) is 8.27. The van der Waals surface area contributed by atoms with Crippen molar-refractivity contribution >= 4 is 0 Å². The van der Waals surface area contributed by atoms with E-state index >= 15 is 0 Å². The van der Waals surface area contributed by atoms with Crippen LogP contribution >= 0.6 is 0 Å². The summed E-state index contributed by atoms with van der Waals surface area (Å²) in [5.41, 5.74) is 1.13. The van der Waals surface area contributed by atoms with Crippen molar-refractivity contribution in [3.63, 3.8) is 0 Å². The van der Waals surface area contributed by atoms with Crippen molar-refractivity contribution in [2.45, 2.75) is 78.2 Å². The lowest BCUT2D eigenvalue weighted by atomic mass is 9.69. The zero-order valence-corrected chi connectivity index (χ0v) is 12.6. The minimum atomic E-state index is 0.562. The predicted molar refractivity (Wildman–Crippen MR) is 77.6 cm³/mol. The molecule has 0 aliphatic heterocycles. The molecule has 3 aliphatic rings. The maximum atomic E-state index is 3.98. The molecule has 3 unspecified atom stereocenters. The van der Waals surface area contributed by atoms with Gasteiger partial charge in [0.05, 0.1) is 0 Å².